The molecule has 2 aromatic carbocycles. The van der Waals surface area contributed by atoms with Gasteiger partial charge in [-0.25, -0.2) is 4.79 Å². The van der Waals surface area contributed by atoms with Crippen LogP contribution in [0.5, 0.6) is 5.75 Å². The second kappa shape index (κ2) is 8.15. The van der Waals surface area contributed by atoms with Crippen molar-refractivity contribution < 1.29 is 19.1 Å². The second-order valence-corrected chi connectivity index (χ2v) is 8.17. The molecule has 0 fully saturated rings. The van der Waals surface area contributed by atoms with Crippen molar-refractivity contribution >= 4 is 17.7 Å². The molecule has 0 bridgehead atoms. The zero-order valence-corrected chi connectivity index (χ0v) is 17.6. The Balaban J connectivity index is 1.99. The normalized spacial score (nSPS) is 17.3. The number of anilines is 1. The van der Waals surface area contributed by atoms with Crippen LogP contribution in [0.15, 0.2) is 48.5 Å². The summed E-state index contributed by atoms with van der Waals surface area (Å²) < 4.78 is 10.9. The quantitative estimate of drug-likeness (QED) is 0.839. The molecule has 0 unspecified atom stereocenters. The number of benzene rings is 2. The smallest absolute Gasteiger partial charge is 0.408 e. The van der Waals surface area contributed by atoms with E-state index in [1.54, 1.807) is 32.8 Å². The number of amides is 2. The lowest BCUT2D eigenvalue weighted by molar-refractivity contribution is -0.121. The summed E-state index contributed by atoms with van der Waals surface area (Å²) in [7, 11) is 1.59. The Labute approximate surface area is 171 Å². The summed E-state index contributed by atoms with van der Waals surface area (Å²) in [6.45, 7) is 7.34. The predicted octanol–water partition coefficient (Wildman–Crippen LogP) is 4.24. The first-order chi connectivity index (χ1) is 13.7. The number of alkyl carbamates (subject to hydrolysis) is 1. The third kappa shape index (κ3) is 4.53. The van der Waals surface area contributed by atoms with Crippen molar-refractivity contribution in [3.05, 3.63) is 59.7 Å². The van der Waals surface area contributed by atoms with Crippen LogP contribution in [-0.2, 0) is 16.0 Å². The van der Waals surface area contributed by atoms with E-state index in [1.807, 2.05) is 55.5 Å². The van der Waals surface area contributed by atoms with Crippen LogP contribution in [0.3, 0.4) is 0 Å². The Bertz CT molecular complexity index is 889. The van der Waals surface area contributed by atoms with E-state index in [4.69, 9.17) is 9.47 Å². The van der Waals surface area contributed by atoms with Gasteiger partial charge in [0.1, 0.15) is 17.4 Å². The van der Waals surface area contributed by atoms with Crippen LogP contribution in [0.4, 0.5) is 10.5 Å². The highest BCUT2D eigenvalue weighted by Crippen LogP contribution is 2.41. The molecule has 1 N–H and O–H groups in total. The number of ether oxygens (including phenoxy) is 2. The lowest BCUT2D eigenvalue weighted by Gasteiger charge is -2.39. The Morgan fingerprint density at radius 2 is 1.83 bits per heavy atom. The lowest BCUT2D eigenvalue weighted by atomic mass is 9.93. The van der Waals surface area contributed by atoms with Crippen LogP contribution in [0.2, 0.25) is 0 Å². The monoisotopic (exact) mass is 396 g/mol. The summed E-state index contributed by atoms with van der Waals surface area (Å²) in [4.78, 5) is 27.5. The van der Waals surface area contributed by atoms with Gasteiger partial charge in [-0.2, -0.15) is 0 Å². The molecule has 0 saturated carbocycles. The molecule has 1 aliphatic rings. The van der Waals surface area contributed by atoms with Crippen LogP contribution in [-0.4, -0.2) is 30.8 Å². The molecule has 3 rings (SSSR count). The van der Waals surface area contributed by atoms with Crippen LogP contribution >= 0.6 is 0 Å². The molecule has 0 aromatic heterocycles. The first-order valence-corrected chi connectivity index (χ1v) is 9.74. The number of rotatable bonds is 4. The highest BCUT2D eigenvalue weighted by Gasteiger charge is 2.39. The maximum absolute atomic E-state index is 13.5. The Morgan fingerprint density at radius 3 is 2.45 bits per heavy atom. The minimum Gasteiger partial charge on any atom is -0.495 e. The van der Waals surface area contributed by atoms with Gasteiger partial charge in [0, 0.05) is 6.42 Å². The minimum atomic E-state index is -0.712. The van der Waals surface area contributed by atoms with E-state index in [2.05, 4.69) is 5.32 Å². The van der Waals surface area contributed by atoms with Gasteiger partial charge in [0.05, 0.1) is 18.8 Å². The number of hydrogen-bond acceptors (Lipinski definition) is 4. The Hall–Kier alpha value is -3.02. The summed E-state index contributed by atoms with van der Waals surface area (Å²) in [6.07, 6.45) is -0.225. The van der Waals surface area contributed by atoms with Gasteiger partial charge in [-0.1, -0.05) is 42.5 Å². The SMILES string of the molecule is COc1cccc2c1N([C@@H](C)c1ccccc1)C(=O)[C@H](NC(=O)OC(C)(C)C)C2. The van der Waals surface area contributed by atoms with E-state index < -0.39 is 17.7 Å². The van der Waals surface area contributed by atoms with Crippen molar-refractivity contribution in [3.8, 4) is 5.75 Å². The molecule has 29 heavy (non-hydrogen) atoms. The summed E-state index contributed by atoms with van der Waals surface area (Å²) in [5, 5.41) is 2.75. The maximum Gasteiger partial charge on any atom is 0.408 e. The second-order valence-electron chi connectivity index (χ2n) is 8.17. The number of nitrogens with one attached hydrogen (secondary N) is 1. The molecule has 0 radical (unpaired) electrons. The number of para-hydroxylation sites is 1. The third-order valence-corrected chi connectivity index (χ3v) is 4.86. The summed E-state index contributed by atoms with van der Waals surface area (Å²) in [6, 6.07) is 14.5. The Kier molecular flexibility index (Phi) is 5.82. The van der Waals surface area contributed by atoms with E-state index in [0.717, 1.165) is 16.8 Å². The van der Waals surface area contributed by atoms with Crippen molar-refractivity contribution in [3.63, 3.8) is 0 Å². The van der Waals surface area contributed by atoms with Gasteiger partial charge in [0.15, 0.2) is 0 Å². The average Bonchev–Trinajstić information content (AvgIpc) is 2.67. The van der Waals surface area contributed by atoms with Gasteiger partial charge in [-0.15, -0.1) is 0 Å². The highest BCUT2D eigenvalue weighted by atomic mass is 16.6. The molecule has 0 saturated heterocycles. The fourth-order valence-corrected chi connectivity index (χ4v) is 3.58. The molecule has 2 amide bonds. The number of nitrogens with zero attached hydrogens (tertiary/aromatic N) is 1. The molecule has 1 heterocycles. The predicted molar refractivity (Wildman–Crippen MR) is 112 cm³/mol. The number of methoxy groups -OCH3 is 1. The van der Waals surface area contributed by atoms with Gasteiger partial charge in [0.2, 0.25) is 0 Å². The summed E-state index contributed by atoms with van der Waals surface area (Å²) >= 11 is 0. The van der Waals surface area contributed by atoms with Gasteiger partial charge >= 0.3 is 6.09 Å². The molecule has 154 valence electrons. The van der Waals surface area contributed by atoms with Crippen molar-refractivity contribution in [2.75, 3.05) is 12.0 Å². The standard InChI is InChI=1S/C23H28N2O4/c1-15(16-10-7-6-8-11-16)25-20-17(12-9-13-19(20)28-5)14-18(21(25)26)24-22(27)29-23(2,3)4/h6-13,15,18H,14H2,1-5H3,(H,24,27)/t15-,18+/m0/s1. The number of fused-ring (bicyclic) bond motifs is 1. The molecule has 6 nitrogen and oxygen atoms in total. The summed E-state index contributed by atoms with van der Waals surface area (Å²) in [5.74, 6) is 0.443. The van der Waals surface area contributed by atoms with Crippen molar-refractivity contribution in [2.24, 2.45) is 0 Å². The third-order valence-electron chi connectivity index (χ3n) is 4.86. The van der Waals surface area contributed by atoms with E-state index in [9.17, 15) is 9.59 Å². The van der Waals surface area contributed by atoms with Crippen molar-refractivity contribution in [2.45, 2.75) is 51.8 Å². The van der Waals surface area contributed by atoms with Crippen LogP contribution in [0.25, 0.3) is 0 Å². The summed E-state index contributed by atoms with van der Waals surface area (Å²) in [5.41, 5.74) is 2.04. The van der Waals surface area contributed by atoms with Crippen LogP contribution < -0.4 is 15.0 Å². The molecule has 6 heteroatoms. The molecule has 1 aliphatic heterocycles. The fourth-order valence-electron chi connectivity index (χ4n) is 3.58. The minimum absolute atomic E-state index is 0.191. The number of carbonyl (C=O) groups is 2. The molecule has 2 aromatic rings. The van der Waals surface area contributed by atoms with Gasteiger partial charge in [-0.3, -0.25) is 9.69 Å². The zero-order chi connectivity index (χ0) is 21.2. The van der Waals surface area contributed by atoms with E-state index in [1.165, 1.54) is 0 Å². The van der Waals surface area contributed by atoms with Crippen molar-refractivity contribution in [1.29, 1.82) is 0 Å². The fraction of sp³-hybridized carbons (Fsp3) is 0.391. The average molecular weight is 396 g/mol. The molecule has 0 aliphatic carbocycles. The number of hydrogen-bond donors (Lipinski definition) is 1. The molecular formula is C23H28N2O4. The van der Waals surface area contributed by atoms with Crippen molar-refractivity contribution in [1.82, 2.24) is 5.32 Å². The van der Waals surface area contributed by atoms with Crippen LogP contribution in [0.1, 0.15) is 44.9 Å². The highest BCUT2D eigenvalue weighted by molar-refractivity contribution is 6.03. The lowest BCUT2D eigenvalue weighted by Crippen LogP contribution is -2.54. The topological polar surface area (TPSA) is 67.9 Å². The largest absolute Gasteiger partial charge is 0.495 e. The first kappa shape index (κ1) is 20.7. The van der Waals surface area contributed by atoms with E-state index in [-0.39, 0.29) is 11.9 Å². The maximum atomic E-state index is 13.5. The number of carbonyl (C=O) groups excluding carboxylic acids is 2. The molecular weight excluding hydrogens is 368 g/mol. The van der Waals surface area contributed by atoms with Gasteiger partial charge in [0.25, 0.3) is 5.91 Å². The van der Waals surface area contributed by atoms with E-state index in [0.29, 0.717) is 12.2 Å². The van der Waals surface area contributed by atoms with Gasteiger partial charge in [-0.05, 0) is 44.9 Å². The van der Waals surface area contributed by atoms with Crippen LogP contribution in [0, 0.1) is 0 Å². The van der Waals surface area contributed by atoms with E-state index >= 15 is 0 Å². The Morgan fingerprint density at radius 1 is 1.14 bits per heavy atom. The van der Waals surface area contributed by atoms with Gasteiger partial charge < -0.3 is 14.8 Å². The first-order valence-electron chi connectivity index (χ1n) is 9.74. The molecule has 2 atom stereocenters. The zero-order valence-electron chi connectivity index (χ0n) is 17.6. The molecule has 0 spiro atoms.